The Morgan fingerprint density at radius 1 is 1.00 bits per heavy atom. The second-order valence-corrected chi connectivity index (χ2v) is 5.30. The van der Waals surface area contributed by atoms with Crippen LogP contribution in [0.1, 0.15) is 41.0 Å². The summed E-state index contributed by atoms with van der Waals surface area (Å²) in [4.78, 5) is 0. The standard InChI is InChI=1S/C8H17.Li/c1-7(2)6-8(3,4)5;/h6H2,1-5H3;. The molecular formula is C8H17Li. The van der Waals surface area contributed by atoms with Crippen LogP contribution in [0.15, 0.2) is 0 Å². The van der Waals surface area contributed by atoms with Crippen LogP contribution in [0.2, 0.25) is 4.09 Å². The van der Waals surface area contributed by atoms with E-state index in [1.165, 1.54) is 6.42 Å². The van der Waals surface area contributed by atoms with Gasteiger partial charge < -0.3 is 0 Å². The third-order valence-electron chi connectivity index (χ3n) is 1.06. The molecule has 0 fully saturated rings. The molecule has 0 aliphatic heterocycles. The van der Waals surface area contributed by atoms with Crippen molar-refractivity contribution in [2.45, 2.75) is 45.1 Å². The summed E-state index contributed by atoms with van der Waals surface area (Å²) in [5.74, 6) is 0. The van der Waals surface area contributed by atoms with Gasteiger partial charge in [-0.25, -0.2) is 0 Å². The molecule has 0 aromatic carbocycles. The van der Waals surface area contributed by atoms with Crippen molar-refractivity contribution >= 4 is 17.7 Å². The number of rotatable bonds is 1. The Balaban J connectivity index is 3.75. The summed E-state index contributed by atoms with van der Waals surface area (Å²) in [5, 5.41) is 0. The molecule has 0 spiro atoms. The average Bonchev–Trinajstić information content (AvgIpc) is 1.14. The molecule has 0 radical (unpaired) electrons. The van der Waals surface area contributed by atoms with Crippen molar-refractivity contribution in [1.82, 2.24) is 0 Å². The van der Waals surface area contributed by atoms with E-state index in [4.69, 9.17) is 0 Å². The van der Waals surface area contributed by atoms with Gasteiger partial charge in [0.1, 0.15) is 0 Å². The summed E-state index contributed by atoms with van der Waals surface area (Å²) < 4.78 is 0.484. The van der Waals surface area contributed by atoms with E-state index in [9.17, 15) is 0 Å². The van der Waals surface area contributed by atoms with Gasteiger partial charge >= 0.3 is 68.3 Å². The van der Waals surface area contributed by atoms with E-state index < -0.39 is 0 Å². The van der Waals surface area contributed by atoms with Gasteiger partial charge in [0.15, 0.2) is 0 Å². The number of hydrogen-bond acceptors (Lipinski definition) is 0. The molecular weight excluding hydrogens is 103 g/mol. The Hall–Kier alpha value is 0.597. The molecule has 0 nitrogen and oxygen atoms in total. The molecule has 0 aliphatic rings. The zero-order valence-corrected chi connectivity index (χ0v) is 7.71. The molecule has 0 saturated heterocycles. The molecule has 0 saturated carbocycles. The van der Waals surface area contributed by atoms with Crippen LogP contribution in [0, 0.1) is 5.41 Å². The van der Waals surface area contributed by atoms with Gasteiger partial charge in [-0.3, -0.25) is 0 Å². The second kappa shape index (κ2) is 2.68. The van der Waals surface area contributed by atoms with Crippen molar-refractivity contribution in [2.24, 2.45) is 5.41 Å². The van der Waals surface area contributed by atoms with Crippen LogP contribution in [0.4, 0.5) is 0 Å². The Kier molecular flexibility index (Phi) is 2.86. The van der Waals surface area contributed by atoms with Gasteiger partial charge in [-0.05, 0) is 0 Å². The monoisotopic (exact) mass is 120 g/mol. The van der Waals surface area contributed by atoms with Crippen molar-refractivity contribution in [3.63, 3.8) is 0 Å². The van der Waals surface area contributed by atoms with Gasteiger partial charge in [0.05, 0.1) is 0 Å². The van der Waals surface area contributed by atoms with Gasteiger partial charge in [-0.2, -0.15) is 0 Å². The summed E-state index contributed by atoms with van der Waals surface area (Å²) in [5.41, 5.74) is 0.484. The molecule has 0 bridgehead atoms. The first kappa shape index (κ1) is 9.60. The van der Waals surface area contributed by atoms with E-state index in [2.05, 4.69) is 52.3 Å². The van der Waals surface area contributed by atoms with Crippen LogP contribution in [-0.2, 0) is 0 Å². The van der Waals surface area contributed by atoms with Crippen LogP contribution in [0.25, 0.3) is 0 Å². The van der Waals surface area contributed by atoms with Crippen molar-refractivity contribution in [3.05, 3.63) is 0 Å². The summed E-state index contributed by atoms with van der Waals surface area (Å²) in [6.07, 6.45) is 1.29. The summed E-state index contributed by atoms with van der Waals surface area (Å²) in [7, 11) is 0. The van der Waals surface area contributed by atoms with Gasteiger partial charge in [-0.1, -0.05) is 0 Å². The first-order chi connectivity index (χ1) is 3.71. The molecule has 0 aliphatic carbocycles. The summed E-state index contributed by atoms with van der Waals surface area (Å²) >= 11 is 2.29. The van der Waals surface area contributed by atoms with Crippen molar-refractivity contribution in [3.8, 4) is 0 Å². The molecule has 0 rings (SSSR count). The van der Waals surface area contributed by atoms with Gasteiger partial charge in [-0.15, -0.1) is 0 Å². The molecule has 0 aromatic rings. The SMILES string of the molecule is [Li][C](C)(C)CC(C)(C)C. The predicted molar refractivity (Wildman–Crippen MR) is 43.9 cm³/mol. The van der Waals surface area contributed by atoms with E-state index in [1.54, 1.807) is 0 Å². The van der Waals surface area contributed by atoms with Crippen LogP contribution in [-0.4, -0.2) is 17.7 Å². The van der Waals surface area contributed by atoms with Crippen molar-refractivity contribution in [2.75, 3.05) is 0 Å². The van der Waals surface area contributed by atoms with Gasteiger partial charge in [0, 0.05) is 0 Å². The Labute approximate surface area is 68.6 Å². The third-order valence-corrected chi connectivity index (χ3v) is 1.06. The fourth-order valence-electron chi connectivity index (χ4n) is 1.59. The predicted octanol–water partition coefficient (Wildman–Crippen LogP) is 2.79. The zero-order valence-electron chi connectivity index (χ0n) is 7.71. The van der Waals surface area contributed by atoms with Crippen LogP contribution < -0.4 is 0 Å². The third kappa shape index (κ3) is 8.60. The first-order valence-electron chi connectivity index (χ1n) is 3.71. The van der Waals surface area contributed by atoms with Gasteiger partial charge in [0.2, 0.25) is 0 Å². The minimum absolute atomic E-state index is 0.484. The quantitative estimate of drug-likeness (QED) is 0.467. The maximum absolute atomic E-state index is 2.29. The average molecular weight is 120 g/mol. The van der Waals surface area contributed by atoms with Gasteiger partial charge in [0.25, 0.3) is 0 Å². The maximum atomic E-state index is 2.29. The Morgan fingerprint density at radius 2 is 1.33 bits per heavy atom. The first-order valence-corrected chi connectivity index (χ1v) is 3.71. The molecule has 0 N–H and O–H groups in total. The number of hydrogen-bond donors (Lipinski definition) is 0. The molecule has 0 unspecified atom stereocenters. The fraction of sp³-hybridized carbons (Fsp3) is 1.00. The van der Waals surface area contributed by atoms with Crippen molar-refractivity contribution < 1.29 is 0 Å². The zero-order chi connectivity index (χ0) is 7.71. The summed E-state index contributed by atoms with van der Waals surface area (Å²) in [6.45, 7) is 11.4. The normalized spacial score (nSPS) is 14.1. The molecule has 0 amide bonds. The van der Waals surface area contributed by atoms with Crippen molar-refractivity contribution in [1.29, 1.82) is 0 Å². The van der Waals surface area contributed by atoms with E-state index in [0.717, 1.165) is 0 Å². The van der Waals surface area contributed by atoms with E-state index in [-0.39, 0.29) is 0 Å². The molecule has 0 atom stereocenters. The van der Waals surface area contributed by atoms with E-state index in [0.29, 0.717) is 9.50 Å². The molecule has 0 heterocycles. The molecule has 0 aromatic heterocycles. The minimum atomic E-state index is 0.484. The second-order valence-electron chi connectivity index (χ2n) is 5.30. The summed E-state index contributed by atoms with van der Waals surface area (Å²) in [6, 6.07) is 0. The Bertz CT molecular complexity index is 69.7. The molecule has 1 heteroatoms. The molecule has 9 heavy (non-hydrogen) atoms. The topological polar surface area (TPSA) is 0 Å². The van der Waals surface area contributed by atoms with Crippen LogP contribution >= 0.6 is 0 Å². The van der Waals surface area contributed by atoms with Crippen LogP contribution in [0.3, 0.4) is 0 Å². The van der Waals surface area contributed by atoms with Crippen LogP contribution in [0.5, 0.6) is 0 Å². The van der Waals surface area contributed by atoms with E-state index >= 15 is 0 Å². The Morgan fingerprint density at radius 3 is 1.33 bits per heavy atom. The van der Waals surface area contributed by atoms with E-state index in [1.807, 2.05) is 0 Å². The molecule has 50 valence electrons. The fourth-order valence-corrected chi connectivity index (χ4v) is 1.59.